The normalized spacial score (nSPS) is 26.2. The van der Waals surface area contributed by atoms with Gasteiger partial charge in [0.1, 0.15) is 6.07 Å². The van der Waals surface area contributed by atoms with Crippen molar-refractivity contribution in [2.75, 3.05) is 18.4 Å². The summed E-state index contributed by atoms with van der Waals surface area (Å²) in [7, 11) is 0. The number of benzene rings is 1. The molecule has 2 heterocycles. The zero-order valence-corrected chi connectivity index (χ0v) is 12.1. The summed E-state index contributed by atoms with van der Waals surface area (Å²) in [6.45, 7) is 2.27. The quantitative estimate of drug-likeness (QED) is 0.908. The van der Waals surface area contributed by atoms with Crippen LogP contribution in [-0.4, -0.2) is 30.1 Å². The fraction of sp³-hybridized carbons (Fsp3) is 0.500. The average Bonchev–Trinajstić information content (AvgIpc) is 3.00. The molecule has 1 N–H and O–H groups in total. The average molecular weight is 324 g/mol. The first kappa shape index (κ1) is 12.9. The molecule has 5 heteroatoms. The minimum Gasteiger partial charge on any atom is -0.378 e. The van der Waals surface area contributed by atoms with Gasteiger partial charge in [0.2, 0.25) is 0 Å². The largest absolute Gasteiger partial charge is 0.378 e. The summed E-state index contributed by atoms with van der Waals surface area (Å²) in [6, 6.07) is 6.14. The van der Waals surface area contributed by atoms with Gasteiger partial charge in [0.25, 0.3) is 0 Å². The van der Waals surface area contributed by atoms with Gasteiger partial charge in [-0.15, -0.1) is 0 Å². The van der Waals surface area contributed by atoms with Gasteiger partial charge >= 0.3 is 0 Å². The molecule has 0 amide bonds. The number of nitriles is 1. The highest BCUT2D eigenvalue weighted by Crippen LogP contribution is 2.32. The number of hydrogen-bond acceptors (Lipinski definition) is 3. The van der Waals surface area contributed by atoms with Crippen LogP contribution in [0, 0.1) is 17.1 Å². The molecule has 1 aromatic rings. The molecule has 0 saturated carbocycles. The molecule has 0 radical (unpaired) electrons. The molecular formula is C14H15BrFN3. The summed E-state index contributed by atoms with van der Waals surface area (Å²) in [4.78, 5) is 2.48. The number of halogens is 2. The first-order chi connectivity index (χ1) is 9.20. The maximum Gasteiger partial charge on any atom is 0.161 e. The van der Waals surface area contributed by atoms with E-state index in [9.17, 15) is 4.39 Å². The van der Waals surface area contributed by atoms with Gasteiger partial charge in [-0.1, -0.05) is 0 Å². The van der Waals surface area contributed by atoms with Crippen molar-refractivity contribution < 1.29 is 4.39 Å². The minimum atomic E-state index is -0.365. The van der Waals surface area contributed by atoms with Crippen LogP contribution in [0.5, 0.6) is 0 Å². The summed E-state index contributed by atoms with van der Waals surface area (Å²) in [6.07, 6.45) is 3.49. The number of anilines is 1. The van der Waals surface area contributed by atoms with E-state index < -0.39 is 0 Å². The second-order valence-electron chi connectivity index (χ2n) is 5.19. The van der Waals surface area contributed by atoms with Crippen LogP contribution in [0.3, 0.4) is 0 Å². The number of rotatable bonds is 2. The molecule has 3 rings (SSSR count). The summed E-state index contributed by atoms with van der Waals surface area (Å²) < 4.78 is 14.4. The van der Waals surface area contributed by atoms with Crippen molar-refractivity contribution in [1.82, 2.24) is 4.90 Å². The number of nitrogens with zero attached hydrogens (tertiary/aromatic N) is 2. The van der Waals surface area contributed by atoms with Gasteiger partial charge in [0, 0.05) is 18.6 Å². The monoisotopic (exact) mass is 323 g/mol. The van der Waals surface area contributed by atoms with Crippen molar-refractivity contribution in [2.24, 2.45) is 0 Å². The van der Waals surface area contributed by atoms with Crippen LogP contribution in [0.1, 0.15) is 24.8 Å². The molecule has 2 aliphatic heterocycles. The Bertz CT molecular complexity index is 540. The highest BCUT2D eigenvalue weighted by atomic mass is 79.9. The van der Waals surface area contributed by atoms with E-state index in [0.29, 0.717) is 23.3 Å². The Kier molecular flexibility index (Phi) is 3.46. The van der Waals surface area contributed by atoms with Gasteiger partial charge < -0.3 is 5.32 Å². The van der Waals surface area contributed by atoms with Crippen molar-refractivity contribution >= 4 is 21.6 Å². The van der Waals surface area contributed by atoms with E-state index in [0.717, 1.165) is 13.0 Å². The fourth-order valence-corrected chi connectivity index (χ4v) is 3.63. The highest BCUT2D eigenvalue weighted by molar-refractivity contribution is 9.10. The van der Waals surface area contributed by atoms with Crippen LogP contribution in [0.25, 0.3) is 0 Å². The van der Waals surface area contributed by atoms with Crippen LogP contribution in [0.15, 0.2) is 16.6 Å². The van der Waals surface area contributed by atoms with Crippen LogP contribution in [0.2, 0.25) is 0 Å². The smallest absolute Gasteiger partial charge is 0.161 e. The second-order valence-corrected chi connectivity index (χ2v) is 5.98. The van der Waals surface area contributed by atoms with Crippen molar-refractivity contribution in [3.8, 4) is 6.07 Å². The van der Waals surface area contributed by atoms with Crippen LogP contribution in [-0.2, 0) is 0 Å². The summed E-state index contributed by atoms with van der Waals surface area (Å²) in [5.41, 5.74) is 0.821. The van der Waals surface area contributed by atoms with Gasteiger partial charge in [-0.25, -0.2) is 4.39 Å². The molecule has 2 saturated heterocycles. The zero-order chi connectivity index (χ0) is 13.4. The van der Waals surface area contributed by atoms with Crippen molar-refractivity contribution in [3.05, 3.63) is 28.0 Å². The van der Waals surface area contributed by atoms with Crippen molar-refractivity contribution in [1.29, 1.82) is 5.26 Å². The fourth-order valence-electron chi connectivity index (χ4n) is 3.20. The van der Waals surface area contributed by atoms with Crippen molar-refractivity contribution in [2.45, 2.75) is 31.3 Å². The van der Waals surface area contributed by atoms with Gasteiger partial charge in [0.15, 0.2) is 5.82 Å². The van der Waals surface area contributed by atoms with Crippen LogP contribution in [0.4, 0.5) is 10.1 Å². The van der Waals surface area contributed by atoms with Crippen LogP contribution < -0.4 is 5.32 Å². The minimum absolute atomic E-state index is 0.251. The van der Waals surface area contributed by atoms with E-state index in [1.54, 1.807) is 12.1 Å². The van der Waals surface area contributed by atoms with Gasteiger partial charge in [-0.05, 0) is 53.9 Å². The molecule has 0 aliphatic carbocycles. The lowest BCUT2D eigenvalue weighted by Crippen LogP contribution is -2.34. The number of nitrogens with one attached hydrogen (secondary N) is 1. The third kappa shape index (κ3) is 2.24. The van der Waals surface area contributed by atoms with Crippen LogP contribution >= 0.6 is 15.9 Å². The lowest BCUT2D eigenvalue weighted by Gasteiger charge is -2.22. The third-order valence-electron chi connectivity index (χ3n) is 4.15. The van der Waals surface area contributed by atoms with Gasteiger partial charge in [-0.2, -0.15) is 5.26 Å². The maximum atomic E-state index is 14.2. The SMILES string of the molecule is N#Cc1ccc(NC2CCN3CCCC23)c(F)c1Br. The van der Waals surface area contributed by atoms with E-state index in [-0.39, 0.29) is 10.3 Å². The first-order valence-electron chi connectivity index (χ1n) is 6.59. The van der Waals surface area contributed by atoms with Gasteiger partial charge in [0.05, 0.1) is 15.7 Å². The van der Waals surface area contributed by atoms with E-state index in [1.807, 2.05) is 6.07 Å². The molecule has 2 aliphatic rings. The molecule has 2 fully saturated rings. The Morgan fingerprint density at radius 3 is 3.00 bits per heavy atom. The Morgan fingerprint density at radius 2 is 2.21 bits per heavy atom. The summed E-state index contributed by atoms with van der Waals surface area (Å²) >= 11 is 3.15. The maximum absolute atomic E-state index is 14.2. The Balaban J connectivity index is 1.81. The summed E-state index contributed by atoms with van der Waals surface area (Å²) in [5, 5.41) is 12.2. The number of hydrogen-bond donors (Lipinski definition) is 1. The molecule has 1 aromatic carbocycles. The van der Waals surface area contributed by atoms with E-state index >= 15 is 0 Å². The molecule has 0 aromatic heterocycles. The van der Waals surface area contributed by atoms with Gasteiger partial charge in [-0.3, -0.25) is 4.90 Å². The molecule has 2 unspecified atom stereocenters. The lowest BCUT2D eigenvalue weighted by atomic mass is 10.1. The summed E-state index contributed by atoms with van der Waals surface area (Å²) in [5.74, 6) is -0.365. The highest BCUT2D eigenvalue weighted by Gasteiger charge is 2.37. The molecular weight excluding hydrogens is 309 g/mol. The number of fused-ring (bicyclic) bond motifs is 1. The zero-order valence-electron chi connectivity index (χ0n) is 10.5. The predicted octanol–water partition coefficient (Wildman–Crippen LogP) is 3.11. The lowest BCUT2D eigenvalue weighted by molar-refractivity contribution is 0.318. The first-order valence-corrected chi connectivity index (χ1v) is 7.38. The van der Waals surface area contributed by atoms with E-state index in [4.69, 9.17) is 5.26 Å². The topological polar surface area (TPSA) is 39.1 Å². The predicted molar refractivity (Wildman–Crippen MR) is 75.4 cm³/mol. The van der Waals surface area contributed by atoms with E-state index in [2.05, 4.69) is 26.1 Å². The second kappa shape index (κ2) is 5.10. The van der Waals surface area contributed by atoms with E-state index in [1.165, 1.54) is 19.4 Å². The molecule has 2 atom stereocenters. The Labute approximate surface area is 120 Å². The van der Waals surface area contributed by atoms with Crippen molar-refractivity contribution in [3.63, 3.8) is 0 Å². The standard InChI is InChI=1S/C14H15BrFN3/c15-13-9(8-17)3-4-11(14(13)16)18-10-5-7-19-6-1-2-12(10)19/h3-4,10,12,18H,1-2,5-7H2. The molecule has 100 valence electrons. The Morgan fingerprint density at radius 1 is 1.37 bits per heavy atom. The molecule has 0 bridgehead atoms. The third-order valence-corrected chi connectivity index (χ3v) is 4.92. The Hall–Kier alpha value is -1.12. The molecule has 3 nitrogen and oxygen atoms in total. The molecule has 0 spiro atoms. The molecule has 19 heavy (non-hydrogen) atoms.